The van der Waals surface area contributed by atoms with Crippen LogP contribution in [-0.4, -0.2) is 41.6 Å². The summed E-state index contributed by atoms with van der Waals surface area (Å²) in [5, 5.41) is 9.58. The zero-order valence-electron chi connectivity index (χ0n) is 22.5. The molecule has 3 aromatic heterocycles. The third-order valence-corrected chi connectivity index (χ3v) is 10.2. The van der Waals surface area contributed by atoms with Crippen molar-refractivity contribution in [2.24, 2.45) is 0 Å². The first-order valence-electron chi connectivity index (χ1n) is 12.8. The summed E-state index contributed by atoms with van der Waals surface area (Å²) in [4.78, 5) is 0.923. The monoisotopic (exact) mass is 660 g/mol. The lowest BCUT2D eigenvalue weighted by Gasteiger charge is -2.25. The smallest absolute Gasteiger partial charge is 0.380 e. The summed E-state index contributed by atoms with van der Waals surface area (Å²) in [5.74, 6) is -16.7. The molecule has 0 saturated carbocycles. The fraction of sp³-hybridized carbons (Fsp3) is 0.276. The second-order valence-electron chi connectivity index (χ2n) is 10.1. The number of allylic oxidation sites excluding steroid dienone is 2. The zero-order chi connectivity index (χ0) is 31.5. The van der Waals surface area contributed by atoms with Gasteiger partial charge in [0.05, 0.1) is 10.6 Å². The van der Waals surface area contributed by atoms with E-state index in [1.807, 2.05) is 0 Å². The van der Waals surface area contributed by atoms with Gasteiger partial charge in [0.2, 0.25) is 5.69 Å². The fourth-order valence-electron chi connectivity index (χ4n) is 5.10. The van der Waals surface area contributed by atoms with Crippen LogP contribution in [0, 0.1) is 13.8 Å². The number of aryl methyl sites for hydroxylation is 3. The average molecular weight is 661 g/mol. The molecule has 0 fully saturated rings. The summed E-state index contributed by atoms with van der Waals surface area (Å²) in [5.41, 5.74) is -2.85. The van der Waals surface area contributed by atoms with E-state index < -0.39 is 55.9 Å². The molecule has 5 nitrogen and oxygen atoms in total. The molecule has 3 heterocycles. The quantitative estimate of drug-likeness (QED) is 0.115. The van der Waals surface area contributed by atoms with Crippen LogP contribution in [0.1, 0.15) is 27.3 Å². The van der Waals surface area contributed by atoms with Gasteiger partial charge < -0.3 is 5.11 Å². The number of phenolic OH excluding ortho intramolecular Hbond substituents is 1. The minimum Gasteiger partial charge on any atom is -0.508 e. The molecular weight excluding hydrogens is 637 g/mol. The number of alkyl halides is 6. The number of aromatic nitrogens is 1. The normalized spacial score (nSPS) is 17.5. The maximum Gasteiger partial charge on any atom is 0.380 e. The summed E-state index contributed by atoms with van der Waals surface area (Å²) >= 11 is 1.92. The molecule has 2 N–H and O–H groups in total. The SMILES string of the molecule is Cc1sc(-c2ccc(O)cc2)cc1C1=C(c2cc(-c3cccc[n+]3CCCS(=O)(=O)O)sc2C)C(F)(F)C(F)(F)C1(F)F. The molecule has 0 aliphatic heterocycles. The highest BCUT2D eigenvalue weighted by Gasteiger charge is 2.80. The largest absolute Gasteiger partial charge is 0.508 e. The van der Waals surface area contributed by atoms with E-state index in [2.05, 4.69) is 0 Å². The van der Waals surface area contributed by atoms with E-state index in [0.717, 1.165) is 22.7 Å². The van der Waals surface area contributed by atoms with Crippen molar-refractivity contribution in [2.45, 2.75) is 44.6 Å². The van der Waals surface area contributed by atoms with Gasteiger partial charge in [0.15, 0.2) is 6.20 Å². The molecule has 228 valence electrons. The van der Waals surface area contributed by atoms with Crippen molar-refractivity contribution in [1.29, 1.82) is 0 Å². The molecule has 0 radical (unpaired) electrons. The van der Waals surface area contributed by atoms with Crippen LogP contribution in [0.25, 0.3) is 32.2 Å². The van der Waals surface area contributed by atoms with Gasteiger partial charge in [-0.15, -0.1) is 22.7 Å². The van der Waals surface area contributed by atoms with Gasteiger partial charge in [-0.1, -0.05) is 0 Å². The number of rotatable bonds is 8. The minimum atomic E-state index is -5.71. The van der Waals surface area contributed by atoms with Crippen LogP contribution in [0.3, 0.4) is 0 Å². The number of nitrogens with zero attached hydrogens (tertiary/aromatic N) is 1. The van der Waals surface area contributed by atoms with E-state index >= 15 is 26.3 Å². The van der Waals surface area contributed by atoms with E-state index in [0.29, 0.717) is 21.0 Å². The summed E-state index contributed by atoms with van der Waals surface area (Å²) in [6, 6.07) is 12.9. The highest BCUT2D eigenvalue weighted by molar-refractivity contribution is 7.85. The molecule has 5 rings (SSSR count). The Bertz CT molecular complexity index is 1840. The number of hydrogen-bond acceptors (Lipinski definition) is 5. The summed E-state index contributed by atoms with van der Waals surface area (Å²) in [7, 11) is -4.23. The molecule has 1 aromatic carbocycles. The van der Waals surface area contributed by atoms with Gasteiger partial charge in [0.1, 0.15) is 12.3 Å². The highest BCUT2D eigenvalue weighted by Crippen LogP contribution is 2.66. The first kappa shape index (κ1) is 31.2. The van der Waals surface area contributed by atoms with Gasteiger partial charge >= 0.3 is 17.8 Å². The lowest BCUT2D eigenvalue weighted by molar-refractivity contribution is -0.686. The van der Waals surface area contributed by atoms with Gasteiger partial charge in [0, 0.05) is 44.3 Å². The molecule has 0 amide bonds. The lowest BCUT2D eigenvalue weighted by Crippen LogP contribution is -2.48. The van der Waals surface area contributed by atoms with Gasteiger partial charge in [-0.05, 0) is 73.0 Å². The molecule has 1 aliphatic carbocycles. The van der Waals surface area contributed by atoms with Crippen molar-refractivity contribution < 1.29 is 49.0 Å². The number of phenols is 1. The molecule has 0 atom stereocenters. The third kappa shape index (κ3) is 5.38. The number of thiophene rings is 2. The van der Waals surface area contributed by atoms with Gasteiger partial charge in [-0.25, -0.2) is 0 Å². The van der Waals surface area contributed by atoms with Crippen molar-refractivity contribution >= 4 is 43.9 Å². The molecule has 0 bridgehead atoms. The Morgan fingerprint density at radius 3 is 1.91 bits per heavy atom. The molecule has 14 heteroatoms. The second-order valence-corrected chi connectivity index (χ2v) is 14.2. The topological polar surface area (TPSA) is 78.5 Å². The highest BCUT2D eigenvalue weighted by atomic mass is 32.2. The maximum absolute atomic E-state index is 15.6. The second kappa shape index (κ2) is 10.8. The van der Waals surface area contributed by atoms with Crippen LogP contribution < -0.4 is 4.57 Å². The summed E-state index contributed by atoms with van der Waals surface area (Å²) in [6.07, 6.45) is 1.61. The number of pyridine rings is 1. The standard InChI is InChI=1S/C29H23F6NO4S3/c1-16-20(14-23(41-16)18-7-9-19(37)10-8-18)25-26(28(32,33)29(34,35)27(25,30)31)21-15-24(42-17(21)2)22-6-3-4-11-36(22)12-5-13-43(38,39)40/h3-4,6-11,14-15H,5,12-13H2,1-2H3,(H-,37,38,39,40)/p+1. The molecule has 4 aromatic rings. The summed E-state index contributed by atoms with van der Waals surface area (Å²) in [6.45, 7) is 2.88. The van der Waals surface area contributed by atoms with Crippen LogP contribution in [0.4, 0.5) is 26.3 Å². The molecule has 1 aliphatic rings. The van der Waals surface area contributed by atoms with Crippen molar-refractivity contribution in [3.05, 3.63) is 81.7 Å². The first-order valence-corrected chi connectivity index (χ1v) is 16.0. The van der Waals surface area contributed by atoms with Crippen LogP contribution in [0.5, 0.6) is 5.75 Å². The van der Waals surface area contributed by atoms with Crippen molar-refractivity contribution in [1.82, 2.24) is 0 Å². The molecule has 0 saturated heterocycles. The Balaban J connectivity index is 1.68. The Kier molecular flexibility index (Phi) is 7.81. The number of benzene rings is 1. The van der Waals surface area contributed by atoms with E-state index in [-0.39, 0.29) is 28.5 Å². The molecular formula is C29H24F6NO4S3+. The third-order valence-electron chi connectivity index (χ3n) is 7.19. The van der Waals surface area contributed by atoms with Gasteiger partial charge in [-0.2, -0.15) is 39.3 Å². The predicted octanol–water partition coefficient (Wildman–Crippen LogP) is 7.86. The maximum atomic E-state index is 15.6. The Labute approximate surface area is 251 Å². The van der Waals surface area contributed by atoms with Crippen molar-refractivity contribution in [3.8, 4) is 26.8 Å². The van der Waals surface area contributed by atoms with E-state index in [1.54, 1.807) is 29.0 Å². The first-order chi connectivity index (χ1) is 20.0. The Morgan fingerprint density at radius 2 is 1.35 bits per heavy atom. The average Bonchev–Trinajstić information content (AvgIpc) is 3.51. The minimum absolute atomic E-state index is 0.0182. The van der Waals surface area contributed by atoms with Gasteiger partial charge in [0.25, 0.3) is 10.1 Å². The summed E-state index contributed by atoms with van der Waals surface area (Å²) < 4.78 is 125. The van der Waals surface area contributed by atoms with Crippen molar-refractivity contribution in [3.63, 3.8) is 0 Å². The van der Waals surface area contributed by atoms with Gasteiger partial charge in [-0.3, -0.25) is 4.55 Å². The van der Waals surface area contributed by atoms with E-state index in [4.69, 9.17) is 4.55 Å². The van der Waals surface area contributed by atoms with Crippen LogP contribution in [-0.2, 0) is 16.7 Å². The molecule has 0 unspecified atom stereocenters. The van der Waals surface area contributed by atoms with Crippen LogP contribution >= 0.6 is 22.7 Å². The van der Waals surface area contributed by atoms with Crippen molar-refractivity contribution in [2.75, 3.05) is 5.75 Å². The Hall–Kier alpha value is -3.20. The molecule has 0 spiro atoms. The number of halogens is 6. The lowest BCUT2D eigenvalue weighted by atomic mass is 9.94. The van der Waals surface area contributed by atoms with Crippen LogP contribution in [0.2, 0.25) is 0 Å². The number of hydrogen-bond donors (Lipinski definition) is 2. The van der Waals surface area contributed by atoms with E-state index in [9.17, 15) is 13.5 Å². The zero-order valence-corrected chi connectivity index (χ0v) is 25.0. The molecule has 43 heavy (non-hydrogen) atoms. The fourth-order valence-corrected chi connectivity index (χ4v) is 7.69. The van der Waals surface area contributed by atoms with Crippen LogP contribution in [0.15, 0.2) is 60.8 Å². The van der Waals surface area contributed by atoms with E-state index in [1.165, 1.54) is 50.2 Å². The Morgan fingerprint density at radius 1 is 0.814 bits per heavy atom. The predicted molar refractivity (Wildman–Crippen MR) is 154 cm³/mol. The number of aromatic hydroxyl groups is 1.